The van der Waals surface area contributed by atoms with Crippen LogP contribution in [-0.4, -0.2) is 31.4 Å². The minimum absolute atomic E-state index is 0.273. The van der Waals surface area contributed by atoms with E-state index in [1.165, 1.54) is 0 Å². The third-order valence-electron chi connectivity index (χ3n) is 3.28. The van der Waals surface area contributed by atoms with Gasteiger partial charge in [-0.1, -0.05) is 13.0 Å². The number of aryl methyl sites for hydroxylation is 1. The quantitative estimate of drug-likeness (QED) is 0.833. The van der Waals surface area contributed by atoms with Gasteiger partial charge < -0.3 is 10.4 Å². The highest BCUT2D eigenvalue weighted by atomic mass is 32.2. The Bertz CT molecular complexity index is 525. The standard InChI is InChI=1S/C12H17NO3S/c1-3-9-4-5-10-11(6-9)17(15,16)12(7-14)8(2)13-10/h4-6,8,12-14H,3,7H2,1-2H3. The summed E-state index contributed by atoms with van der Waals surface area (Å²) in [7, 11) is -3.43. The molecule has 0 bridgehead atoms. The van der Waals surface area contributed by atoms with Gasteiger partial charge in [0.1, 0.15) is 5.25 Å². The van der Waals surface area contributed by atoms with Crippen LogP contribution in [-0.2, 0) is 16.3 Å². The molecule has 17 heavy (non-hydrogen) atoms. The molecular weight excluding hydrogens is 238 g/mol. The molecule has 0 saturated heterocycles. The highest BCUT2D eigenvalue weighted by Gasteiger charge is 2.38. The number of hydrogen-bond acceptors (Lipinski definition) is 4. The Morgan fingerprint density at radius 3 is 2.71 bits per heavy atom. The number of sulfone groups is 1. The maximum Gasteiger partial charge on any atom is 0.187 e. The van der Waals surface area contributed by atoms with Gasteiger partial charge in [0.25, 0.3) is 0 Å². The first-order chi connectivity index (χ1) is 8.00. The molecule has 94 valence electrons. The van der Waals surface area contributed by atoms with Gasteiger partial charge in [-0.25, -0.2) is 8.42 Å². The van der Waals surface area contributed by atoms with Crippen LogP contribution in [0.2, 0.25) is 0 Å². The van der Waals surface area contributed by atoms with E-state index < -0.39 is 15.1 Å². The van der Waals surface area contributed by atoms with Crippen LogP contribution in [0, 0.1) is 0 Å². The SMILES string of the molecule is CCc1ccc2c(c1)S(=O)(=O)C(CO)C(C)N2. The maximum absolute atomic E-state index is 12.3. The molecule has 0 saturated carbocycles. The molecule has 1 heterocycles. The van der Waals surface area contributed by atoms with E-state index >= 15 is 0 Å². The number of rotatable bonds is 2. The van der Waals surface area contributed by atoms with Crippen LogP contribution >= 0.6 is 0 Å². The first-order valence-electron chi connectivity index (χ1n) is 5.75. The molecule has 1 aliphatic heterocycles. The maximum atomic E-state index is 12.3. The van der Waals surface area contributed by atoms with E-state index in [0.717, 1.165) is 12.0 Å². The van der Waals surface area contributed by atoms with Crippen molar-refractivity contribution in [1.82, 2.24) is 0 Å². The fourth-order valence-corrected chi connectivity index (χ4v) is 4.04. The predicted molar refractivity (Wildman–Crippen MR) is 67.0 cm³/mol. The summed E-state index contributed by atoms with van der Waals surface area (Å²) in [6, 6.07) is 5.15. The fourth-order valence-electron chi connectivity index (χ4n) is 2.17. The summed E-state index contributed by atoms with van der Waals surface area (Å²) in [6.45, 7) is 3.40. The molecule has 2 N–H and O–H groups in total. The summed E-state index contributed by atoms with van der Waals surface area (Å²) >= 11 is 0. The second kappa shape index (κ2) is 4.31. The summed E-state index contributed by atoms with van der Waals surface area (Å²) in [4.78, 5) is 0.314. The molecule has 1 aromatic rings. The number of hydrogen-bond donors (Lipinski definition) is 2. The summed E-state index contributed by atoms with van der Waals surface area (Å²) in [5, 5.41) is 11.6. The smallest absolute Gasteiger partial charge is 0.187 e. The van der Waals surface area contributed by atoms with Crippen molar-refractivity contribution < 1.29 is 13.5 Å². The minimum atomic E-state index is -3.43. The van der Waals surface area contributed by atoms with E-state index in [2.05, 4.69) is 5.32 Å². The Morgan fingerprint density at radius 1 is 1.41 bits per heavy atom. The zero-order chi connectivity index (χ0) is 12.6. The molecule has 2 unspecified atom stereocenters. The van der Waals surface area contributed by atoms with Crippen molar-refractivity contribution in [2.45, 2.75) is 36.5 Å². The molecule has 0 spiro atoms. The molecule has 1 aromatic carbocycles. The number of fused-ring (bicyclic) bond motifs is 1. The lowest BCUT2D eigenvalue weighted by Crippen LogP contribution is -2.44. The van der Waals surface area contributed by atoms with Crippen LogP contribution in [0.1, 0.15) is 19.4 Å². The molecular formula is C12H17NO3S. The van der Waals surface area contributed by atoms with Crippen molar-refractivity contribution in [1.29, 1.82) is 0 Å². The van der Waals surface area contributed by atoms with E-state index in [1.54, 1.807) is 19.1 Å². The lowest BCUT2D eigenvalue weighted by atomic mass is 10.1. The number of aliphatic hydroxyl groups excluding tert-OH is 1. The largest absolute Gasteiger partial charge is 0.395 e. The Balaban J connectivity index is 2.60. The van der Waals surface area contributed by atoms with E-state index in [9.17, 15) is 13.5 Å². The monoisotopic (exact) mass is 255 g/mol. The van der Waals surface area contributed by atoms with Crippen molar-refractivity contribution in [3.63, 3.8) is 0 Å². The first kappa shape index (κ1) is 12.4. The molecule has 0 aliphatic carbocycles. The van der Waals surface area contributed by atoms with Crippen LogP contribution in [0.25, 0.3) is 0 Å². The van der Waals surface area contributed by atoms with Gasteiger partial charge >= 0.3 is 0 Å². The van der Waals surface area contributed by atoms with Crippen LogP contribution in [0.5, 0.6) is 0 Å². The lowest BCUT2D eigenvalue weighted by molar-refractivity contribution is 0.282. The van der Waals surface area contributed by atoms with Crippen LogP contribution < -0.4 is 5.32 Å². The molecule has 2 rings (SSSR count). The zero-order valence-electron chi connectivity index (χ0n) is 9.97. The van der Waals surface area contributed by atoms with Crippen LogP contribution in [0.4, 0.5) is 5.69 Å². The number of benzene rings is 1. The number of nitrogens with one attached hydrogen (secondary N) is 1. The first-order valence-corrected chi connectivity index (χ1v) is 7.29. The predicted octanol–water partition coefficient (Wildman–Crippen LogP) is 1.20. The fraction of sp³-hybridized carbons (Fsp3) is 0.500. The van der Waals surface area contributed by atoms with E-state index in [1.807, 2.05) is 13.0 Å². The van der Waals surface area contributed by atoms with Gasteiger partial charge in [0.15, 0.2) is 9.84 Å². The molecule has 0 fully saturated rings. The van der Waals surface area contributed by atoms with Crippen molar-refractivity contribution in [3.8, 4) is 0 Å². The van der Waals surface area contributed by atoms with E-state index in [-0.39, 0.29) is 12.6 Å². The molecule has 2 atom stereocenters. The van der Waals surface area contributed by atoms with E-state index in [4.69, 9.17) is 0 Å². The van der Waals surface area contributed by atoms with Gasteiger partial charge in [0.2, 0.25) is 0 Å². The minimum Gasteiger partial charge on any atom is -0.395 e. The van der Waals surface area contributed by atoms with Gasteiger partial charge in [-0.15, -0.1) is 0 Å². The van der Waals surface area contributed by atoms with Crippen LogP contribution in [0.3, 0.4) is 0 Å². The average molecular weight is 255 g/mol. The van der Waals surface area contributed by atoms with Gasteiger partial charge in [-0.05, 0) is 31.0 Å². The normalized spacial score (nSPS) is 26.1. The number of anilines is 1. The molecule has 5 heteroatoms. The Labute approximate surface area is 102 Å². The second-order valence-electron chi connectivity index (χ2n) is 4.38. The molecule has 4 nitrogen and oxygen atoms in total. The molecule has 1 aliphatic rings. The van der Waals surface area contributed by atoms with Crippen molar-refractivity contribution in [2.75, 3.05) is 11.9 Å². The average Bonchev–Trinajstić information content (AvgIpc) is 2.28. The summed E-state index contributed by atoms with van der Waals surface area (Å²) in [6.07, 6.45) is 0.794. The third kappa shape index (κ3) is 1.93. The third-order valence-corrected chi connectivity index (χ3v) is 5.59. The zero-order valence-corrected chi connectivity index (χ0v) is 10.8. The van der Waals surface area contributed by atoms with Crippen molar-refractivity contribution >= 4 is 15.5 Å². The van der Waals surface area contributed by atoms with Crippen molar-refractivity contribution in [2.24, 2.45) is 0 Å². The topological polar surface area (TPSA) is 66.4 Å². The Morgan fingerprint density at radius 2 is 2.12 bits per heavy atom. The van der Waals surface area contributed by atoms with Gasteiger partial charge in [-0.3, -0.25) is 0 Å². The molecule has 0 radical (unpaired) electrons. The Kier molecular flexibility index (Phi) is 3.14. The van der Waals surface area contributed by atoms with Crippen LogP contribution in [0.15, 0.2) is 23.1 Å². The molecule has 0 amide bonds. The summed E-state index contributed by atoms with van der Waals surface area (Å²) in [5.74, 6) is 0. The molecule has 0 aromatic heterocycles. The van der Waals surface area contributed by atoms with Gasteiger partial charge in [-0.2, -0.15) is 0 Å². The summed E-state index contributed by atoms with van der Waals surface area (Å²) in [5.41, 5.74) is 1.62. The number of aliphatic hydroxyl groups is 1. The van der Waals surface area contributed by atoms with Crippen molar-refractivity contribution in [3.05, 3.63) is 23.8 Å². The van der Waals surface area contributed by atoms with Gasteiger partial charge in [0.05, 0.1) is 17.2 Å². The summed E-state index contributed by atoms with van der Waals surface area (Å²) < 4.78 is 24.6. The van der Waals surface area contributed by atoms with Gasteiger partial charge in [0, 0.05) is 6.04 Å². The highest BCUT2D eigenvalue weighted by Crippen LogP contribution is 2.33. The second-order valence-corrected chi connectivity index (χ2v) is 6.52. The highest BCUT2D eigenvalue weighted by molar-refractivity contribution is 7.92. The lowest BCUT2D eigenvalue weighted by Gasteiger charge is -2.31. The Hall–Kier alpha value is -1.07. The van der Waals surface area contributed by atoms with E-state index in [0.29, 0.717) is 10.6 Å².